The summed E-state index contributed by atoms with van der Waals surface area (Å²) < 4.78 is 2.08. The topological polar surface area (TPSA) is 125 Å². The lowest BCUT2D eigenvalue weighted by Gasteiger charge is -2.10. The van der Waals surface area contributed by atoms with Gasteiger partial charge >= 0.3 is 0 Å². The Labute approximate surface area is 308 Å². The summed E-state index contributed by atoms with van der Waals surface area (Å²) in [5.74, 6) is 3.17. The van der Waals surface area contributed by atoms with Crippen LogP contribution < -0.4 is 0 Å². The molecule has 9 aromatic rings. The minimum Gasteiger partial charge on any atom is -0.208 e. The zero-order valence-corrected chi connectivity index (χ0v) is 28.7. The summed E-state index contributed by atoms with van der Waals surface area (Å²) in [4.78, 5) is 29.8. The minimum atomic E-state index is 0.441. The maximum atomic E-state index is 9.63. The van der Waals surface area contributed by atoms with Gasteiger partial charge in [0.15, 0.2) is 34.9 Å². The Hall–Kier alpha value is -7.46. The van der Waals surface area contributed by atoms with Gasteiger partial charge in [-0.1, -0.05) is 97.1 Å². The van der Waals surface area contributed by atoms with Crippen LogP contribution in [0.3, 0.4) is 0 Å². The highest BCUT2D eigenvalue weighted by atomic mass is 32.1. The molecular formula is C44H24N8S. The fraction of sp³-hybridized carbons (Fsp3) is 0. The molecule has 0 aliphatic heterocycles. The summed E-state index contributed by atoms with van der Waals surface area (Å²) in [7, 11) is 0. The van der Waals surface area contributed by atoms with Gasteiger partial charge in [0.05, 0.1) is 23.3 Å². The second-order valence-corrected chi connectivity index (χ2v) is 13.2. The molecule has 3 heterocycles. The molecule has 246 valence electrons. The quantitative estimate of drug-likeness (QED) is 0.168. The van der Waals surface area contributed by atoms with E-state index in [1.54, 1.807) is 35.6 Å². The second-order valence-electron chi connectivity index (χ2n) is 12.2. The van der Waals surface area contributed by atoms with Crippen LogP contribution in [0, 0.1) is 22.7 Å². The molecule has 0 fully saturated rings. The molecule has 0 saturated carbocycles. The van der Waals surface area contributed by atoms with E-state index in [4.69, 9.17) is 29.9 Å². The van der Waals surface area contributed by atoms with Crippen molar-refractivity contribution in [3.8, 4) is 80.5 Å². The molecule has 0 aliphatic carbocycles. The van der Waals surface area contributed by atoms with Crippen LogP contribution in [-0.2, 0) is 0 Å². The number of hydrogen-bond acceptors (Lipinski definition) is 9. The molecule has 0 atom stereocenters. The van der Waals surface area contributed by atoms with Gasteiger partial charge in [0.2, 0.25) is 0 Å². The van der Waals surface area contributed by atoms with Crippen molar-refractivity contribution < 1.29 is 0 Å². The van der Waals surface area contributed by atoms with Crippen LogP contribution in [0.25, 0.3) is 88.5 Å². The maximum absolute atomic E-state index is 9.63. The van der Waals surface area contributed by atoms with Crippen LogP contribution in [-0.4, -0.2) is 29.9 Å². The molecule has 0 N–H and O–H groups in total. The lowest BCUT2D eigenvalue weighted by Crippen LogP contribution is -2.01. The van der Waals surface area contributed by atoms with Crippen molar-refractivity contribution in [1.82, 2.24) is 29.9 Å². The van der Waals surface area contributed by atoms with Crippen LogP contribution in [0.2, 0.25) is 0 Å². The number of nitriles is 2. The van der Waals surface area contributed by atoms with E-state index in [0.29, 0.717) is 51.6 Å². The molecule has 9 heteroatoms. The van der Waals surface area contributed by atoms with Crippen molar-refractivity contribution in [3.05, 3.63) is 157 Å². The van der Waals surface area contributed by atoms with E-state index in [0.717, 1.165) is 48.0 Å². The fourth-order valence-corrected chi connectivity index (χ4v) is 7.55. The minimum absolute atomic E-state index is 0.441. The predicted molar refractivity (Wildman–Crippen MR) is 208 cm³/mol. The number of rotatable bonds is 6. The molecule has 0 saturated heterocycles. The predicted octanol–water partition coefficient (Wildman–Crippen LogP) is 10.2. The average molecular weight is 697 g/mol. The summed E-state index contributed by atoms with van der Waals surface area (Å²) in [6.45, 7) is 0. The number of fused-ring (bicyclic) bond motifs is 3. The van der Waals surface area contributed by atoms with Crippen LogP contribution in [0.4, 0.5) is 0 Å². The molecule has 0 radical (unpaired) electrons. The third kappa shape index (κ3) is 5.93. The number of aromatic nitrogens is 6. The number of benzene rings is 6. The molecule has 9 rings (SSSR count). The van der Waals surface area contributed by atoms with Crippen molar-refractivity contribution in [2.24, 2.45) is 0 Å². The third-order valence-electron chi connectivity index (χ3n) is 8.86. The molecule has 3 aromatic heterocycles. The maximum Gasteiger partial charge on any atom is 0.165 e. The summed E-state index contributed by atoms with van der Waals surface area (Å²) in [5.41, 5.74) is 6.04. The number of nitrogens with zero attached hydrogens (tertiary/aromatic N) is 8. The van der Waals surface area contributed by atoms with E-state index in [1.807, 2.05) is 103 Å². The highest BCUT2D eigenvalue weighted by molar-refractivity contribution is 7.26. The standard InChI is InChI=1S/C44H24N8S/c45-25-27-20-22-31(23-21-27)41-48-42(32-15-7-10-28(24-32)26-46)52-43(49-41)34-17-9-19-36-37(34)33-16-8-18-35(38(33)53-36)44-50-39(29-11-3-1-4-12-29)47-40(51-44)30-13-5-2-6-14-30/h1-24H. The Kier molecular flexibility index (Phi) is 7.94. The molecule has 53 heavy (non-hydrogen) atoms. The summed E-state index contributed by atoms with van der Waals surface area (Å²) in [6, 6.07) is 51.0. The lowest BCUT2D eigenvalue weighted by molar-refractivity contribution is 1.08. The Morgan fingerprint density at radius 3 is 1.51 bits per heavy atom. The van der Waals surface area contributed by atoms with Gasteiger partial charge in [0, 0.05) is 53.6 Å². The fourth-order valence-electron chi connectivity index (χ4n) is 6.32. The zero-order valence-electron chi connectivity index (χ0n) is 27.8. The molecule has 0 aliphatic rings. The first kappa shape index (κ1) is 31.5. The first-order valence-electron chi connectivity index (χ1n) is 16.7. The van der Waals surface area contributed by atoms with Crippen molar-refractivity contribution >= 4 is 31.5 Å². The van der Waals surface area contributed by atoms with Crippen LogP contribution in [0.5, 0.6) is 0 Å². The summed E-state index contributed by atoms with van der Waals surface area (Å²) in [5, 5.41) is 21.1. The lowest BCUT2D eigenvalue weighted by atomic mass is 10.0. The smallest absolute Gasteiger partial charge is 0.165 e. The number of thiophene rings is 1. The van der Waals surface area contributed by atoms with Crippen LogP contribution in [0.15, 0.2) is 146 Å². The number of hydrogen-bond donors (Lipinski definition) is 0. The molecular weight excluding hydrogens is 673 g/mol. The summed E-state index contributed by atoms with van der Waals surface area (Å²) in [6.07, 6.45) is 0. The van der Waals surface area contributed by atoms with Crippen molar-refractivity contribution in [1.29, 1.82) is 10.5 Å². The van der Waals surface area contributed by atoms with Crippen LogP contribution >= 0.6 is 11.3 Å². The Morgan fingerprint density at radius 1 is 0.396 bits per heavy atom. The highest BCUT2D eigenvalue weighted by Gasteiger charge is 2.20. The van der Waals surface area contributed by atoms with Gasteiger partial charge in [-0.15, -0.1) is 11.3 Å². The summed E-state index contributed by atoms with van der Waals surface area (Å²) >= 11 is 1.67. The zero-order chi connectivity index (χ0) is 35.7. The monoisotopic (exact) mass is 696 g/mol. The average Bonchev–Trinajstić information content (AvgIpc) is 3.63. The largest absolute Gasteiger partial charge is 0.208 e. The van der Waals surface area contributed by atoms with Crippen molar-refractivity contribution in [3.63, 3.8) is 0 Å². The van der Waals surface area contributed by atoms with Crippen LogP contribution in [0.1, 0.15) is 11.1 Å². The molecule has 0 amide bonds. The van der Waals surface area contributed by atoms with Gasteiger partial charge in [-0.2, -0.15) is 10.5 Å². The van der Waals surface area contributed by atoms with E-state index in [9.17, 15) is 10.5 Å². The normalized spacial score (nSPS) is 11.0. The molecule has 0 spiro atoms. The van der Waals surface area contributed by atoms with E-state index < -0.39 is 0 Å². The van der Waals surface area contributed by atoms with Gasteiger partial charge in [-0.05, 0) is 48.5 Å². The molecule has 8 nitrogen and oxygen atoms in total. The van der Waals surface area contributed by atoms with Gasteiger partial charge in [0.1, 0.15) is 0 Å². The van der Waals surface area contributed by atoms with E-state index >= 15 is 0 Å². The van der Waals surface area contributed by atoms with Gasteiger partial charge < -0.3 is 0 Å². The van der Waals surface area contributed by atoms with Gasteiger partial charge in [0.25, 0.3) is 0 Å². The van der Waals surface area contributed by atoms with E-state index in [1.165, 1.54) is 0 Å². The Balaban J connectivity index is 1.26. The second kappa shape index (κ2) is 13.3. The molecule has 0 unspecified atom stereocenters. The first-order valence-corrected chi connectivity index (χ1v) is 17.6. The highest BCUT2D eigenvalue weighted by Crippen LogP contribution is 2.43. The van der Waals surface area contributed by atoms with E-state index in [-0.39, 0.29) is 0 Å². The van der Waals surface area contributed by atoms with Crippen molar-refractivity contribution in [2.45, 2.75) is 0 Å². The molecule has 0 bridgehead atoms. The van der Waals surface area contributed by atoms with Gasteiger partial charge in [-0.25, -0.2) is 29.9 Å². The van der Waals surface area contributed by atoms with Gasteiger partial charge in [-0.3, -0.25) is 0 Å². The Morgan fingerprint density at radius 2 is 0.887 bits per heavy atom. The Bertz CT molecular complexity index is 2850. The third-order valence-corrected chi connectivity index (χ3v) is 10.1. The van der Waals surface area contributed by atoms with Crippen molar-refractivity contribution in [2.75, 3.05) is 0 Å². The van der Waals surface area contributed by atoms with E-state index in [2.05, 4.69) is 30.3 Å². The SMILES string of the molecule is N#Cc1ccc(-c2nc(-c3cccc(C#N)c3)nc(-c3cccc4sc5c(-c6nc(-c7ccccc7)nc(-c7ccccc7)n6)cccc5c34)n2)cc1. The first-order chi connectivity index (χ1) is 26.1. The molecule has 6 aromatic carbocycles.